The van der Waals surface area contributed by atoms with E-state index in [4.69, 9.17) is 0 Å². The summed E-state index contributed by atoms with van der Waals surface area (Å²) >= 11 is 0. The van der Waals surface area contributed by atoms with Gasteiger partial charge < -0.3 is 4.90 Å². The highest BCUT2D eigenvalue weighted by Gasteiger charge is 2.25. The van der Waals surface area contributed by atoms with E-state index in [1.165, 1.54) is 9.71 Å². The molecule has 1 aliphatic rings. The average molecular weight is 411 g/mol. The van der Waals surface area contributed by atoms with Crippen molar-refractivity contribution in [3.63, 3.8) is 0 Å². The number of piperazine rings is 1. The number of aromatic nitrogens is 4. The number of hydrogen-bond donors (Lipinski definition) is 0. The first-order valence-electron chi connectivity index (χ1n) is 9.36. The SMILES string of the molecule is Cc1ccn(-c2ccc(N3CCN(S(=O)(=O)/C=C/c4ccccc4)CC3)nn2)n1. The summed E-state index contributed by atoms with van der Waals surface area (Å²) in [6.07, 6.45) is 3.47. The van der Waals surface area contributed by atoms with Crippen molar-refractivity contribution < 1.29 is 8.42 Å². The van der Waals surface area contributed by atoms with Gasteiger partial charge in [0, 0.05) is 37.8 Å². The summed E-state index contributed by atoms with van der Waals surface area (Å²) in [6.45, 7) is 3.86. The molecule has 8 nitrogen and oxygen atoms in total. The van der Waals surface area contributed by atoms with Gasteiger partial charge in [-0.3, -0.25) is 0 Å². The summed E-state index contributed by atoms with van der Waals surface area (Å²) in [5.74, 6) is 1.38. The minimum atomic E-state index is -3.45. The van der Waals surface area contributed by atoms with E-state index in [0.29, 0.717) is 32.0 Å². The number of hydrogen-bond acceptors (Lipinski definition) is 6. The van der Waals surface area contributed by atoms with Gasteiger partial charge >= 0.3 is 0 Å². The largest absolute Gasteiger partial charge is 0.352 e. The lowest BCUT2D eigenvalue weighted by Crippen LogP contribution is -2.48. The molecule has 0 atom stereocenters. The maximum Gasteiger partial charge on any atom is 0.236 e. The topological polar surface area (TPSA) is 84.2 Å². The minimum Gasteiger partial charge on any atom is -0.352 e. The molecule has 0 unspecified atom stereocenters. The quantitative estimate of drug-likeness (QED) is 0.640. The molecule has 0 spiro atoms. The van der Waals surface area contributed by atoms with Crippen molar-refractivity contribution in [3.8, 4) is 5.82 Å². The number of benzene rings is 1. The lowest BCUT2D eigenvalue weighted by molar-refractivity contribution is 0.388. The second-order valence-corrected chi connectivity index (χ2v) is 8.61. The van der Waals surface area contributed by atoms with Crippen molar-refractivity contribution in [2.45, 2.75) is 6.92 Å². The Labute approximate surface area is 170 Å². The maximum absolute atomic E-state index is 12.6. The molecule has 0 bridgehead atoms. The van der Waals surface area contributed by atoms with Crippen molar-refractivity contribution in [2.75, 3.05) is 31.1 Å². The molecule has 1 aromatic carbocycles. The molecular formula is C20H22N6O2S. The summed E-state index contributed by atoms with van der Waals surface area (Å²) in [5, 5.41) is 14.1. The Morgan fingerprint density at radius 3 is 2.21 bits per heavy atom. The summed E-state index contributed by atoms with van der Waals surface area (Å²) in [4.78, 5) is 2.04. The summed E-state index contributed by atoms with van der Waals surface area (Å²) in [7, 11) is -3.45. The maximum atomic E-state index is 12.6. The zero-order valence-corrected chi connectivity index (χ0v) is 16.9. The Hall–Kier alpha value is -3.04. The minimum absolute atomic E-state index is 0.406. The average Bonchev–Trinajstić information content (AvgIpc) is 3.20. The van der Waals surface area contributed by atoms with Gasteiger partial charge in [-0.25, -0.2) is 13.1 Å². The summed E-state index contributed by atoms with van der Waals surface area (Å²) in [6, 6.07) is 15.1. The third kappa shape index (κ3) is 4.52. The predicted molar refractivity (Wildman–Crippen MR) is 112 cm³/mol. The fourth-order valence-corrected chi connectivity index (χ4v) is 4.31. The molecular weight excluding hydrogens is 388 g/mol. The molecule has 2 aromatic heterocycles. The Bertz CT molecular complexity index is 1090. The van der Waals surface area contributed by atoms with Crippen LogP contribution in [0.15, 0.2) is 60.1 Å². The second kappa shape index (κ2) is 8.14. The highest BCUT2D eigenvalue weighted by atomic mass is 32.2. The zero-order valence-electron chi connectivity index (χ0n) is 16.1. The van der Waals surface area contributed by atoms with Crippen LogP contribution < -0.4 is 4.90 Å². The van der Waals surface area contributed by atoms with Crippen LogP contribution >= 0.6 is 0 Å². The van der Waals surface area contributed by atoms with Crippen molar-refractivity contribution in [1.82, 2.24) is 24.3 Å². The molecule has 4 rings (SSSR count). The van der Waals surface area contributed by atoms with Crippen LogP contribution in [-0.4, -0.2) is 58.9 Å². The van der Waals surface area contributed by atoms with Crippen LogP contribution in [0.25, 0.3) is 11.9 Å². The lowest BCUT2D eigenvalue weighted by atomic mass is 10.2. The fourth-order valence-electron chi connectivity index (χ4n) is 3.14. The molecule has 0 aliphatic carbocycles. The number of anilines is 1. The third-order valence-electron chi connectivity index (χ3n) is 4.75. The van der Waals surface area contributed by atoms with E-state index < -0.39 is 10.0 Å². The summed E-state index contributed by atoms with van der Waals surface area (Å²) < 4.78 is 28.4. The van der Waals surface area contributed by atoms with Crippen molar-refractivity contribution in [2.24, 2.45) is 0 Å². The molecule has 1 aliphatic heterocycles. The van der Waals surface area contributed by atoms with Crippen molar-refractivity contribution >= 4 is 21.9 Å². The number of aryl methyl sites for hydroxylation is 1. The first-order valence-corrected chi connectivity index (χ1v) is 10.9. The molecule has 9 heteroatoms. The Balaban J connectivity index is 1.38. The van der Waals surface area contributed by atoms with E-state index in [1.54, 1.807) is 10.8 Å². The van der Waals surface area contributed by atoms with E-state index in [2.05, 4.69) is 15.3 Å². The molecule has 3 heterocycles. The van der Waals surface area contributed by atoms with Crippen LogP contribution in [-0.2, 0) is 10.0 Å². The van der Waals surface area contributed by atoms with Crippen LogP contribution in [0.1, 0.15) is 11.3 Å². The van der Waals surface area contributed by atoms with Gasteiger partial charge in [0.05, 0.1) is 5.69 Å². The van der Waals surface area contributed by atoms with Gasteiger partial charge in [-0.15, -0.1) is 10.2 Å². The van der Waals surface area contributed by atoms with Gasteiger partial charge in [-0.05, 0) is 36.8 Å². The fraction of sp³-hybridized carbons (Fsp3) is 0.250. The van der Waals surface area contributed by atoms with Gasteiger partial charge in [0.15, 0.2) is 11.6 Å². The van der Waals surface area contributed by atoms with Crippen LogP contribution in [0.5, 0.6) is 0 Å². The van der Waals surface area contributed by atoms with E-state index >= 15 is 0 Å². The normalized spacial score (nSPS) is 15.8. The second-order valence-electron chi connectivity index (χ2n) is 6.80. The Morgan fingerprint density at radius 1 is 0.897 bits per heavy atom. The Kier molecular flexibility index (Phi) is 5.41. The third-order valence-corrected chi connectivity index (χ3v) is 6.31. The molecule has 0 N–H and O–H groups in total. The molecule has 0 saturated carbocycles. The number of sulfonamides is 1. The molecule has 0 amide bonds. The van der Waals surface area contributed by atoms with E-state index in [0.717, 1.165) is 17.1 Å². The van der Waals surface area contributed by atoms with Crippen LogP contribution in [0.3, 0.4) is 0 Å². The van der Waals surface area contributed by atoms with E-state index in [-0.39, 0.29) is 0 Å². The molecule has 3 aromatic rings. The first kappa shape index (κ1) is 19.3. The van der Waals surface area contributed by atoms with Crippen LogP contribution in [0, 0.1) is 6.92 Å². The van der Waals surface area contributed by atoms with Crippen molar-refractivity contribution in [1.29, 1.82) is 0 Å². The Morgan fingerprint density at radius 2 is 1.59 bits per heavy atom. The van der Waals surface area contributed by atoms with Gasteiger partial charge in [-0.1, -0.05) is 30.3 Å². The lowest BCUT2D eigenvalue weighted by Gasteiger charge is -2.33. The standard InChI is InChI=1S/C20H22N6O2S/c1-17-9-11-26(23-17)20-8-7-19(21-22-20)24-12-14-25(15-13-24)29(27,28)16-10-18-5-3-2-4-6-18/h2-11,16H,12-15H2,1H3/b16-10+. The van der Waals surface area contributed by atoms with Gasteiger partial charge in [-0.2, -0.15) is 9.40 Å². The molecule has 150 valence electrons. The molecule has 1 fully saturated rings. The molecule has 1 saturated heterocycles. The van der Waals surface area contributed by atoms with Gasteiger partial charge in [0.1, 0.15) is 0 Å². The summed E-state index contributed by atoms with van der Waals surface area (Å²) in [5.41, 5.74) is 1.77. The predicted octanol–water partition coefficient (Wildman–Crippen LogP) is 2.09. The van der Waals surface area contributed by atoms with Crippen LogP contribution in [0.2, 0.25) is 0 Å². The van der Waals surface area contributed by atoms with Crippen molar-refractivity contribution in [3.05, 3.63) is 71.4 Å². The van der Waals surface area contributed by atoms with Crippen LogP contribution in [0.4, 0.5) is 5.82 Å². The monoisotopic (exact) mass is 410 g/mol. The molecule has 0 radical (unpaired) electrons. The van der Waals surface area contributed by atoms with E-state index in [1.807, 2.05) is 66.6 Å². The molecule has 29 heavy (non-hydrogen) atoms. The van der Waals surface area contributed by atoms with Gasteiger partial charge in [0.2, 0.25) is 10.0 Å². The number of rotatable bonds is 5. The first-order chi connectivity index (χ1) is 14.0. The van der Waals surface area contributed by atoms with E-state index in [9.17, 15) is 8.42 Å². The number of nitrogens with zero attached hydrogens (tertiary/aromatic N) is 6. The highest BCUT2D eigenvalue weighted by molar-refractivity contribution is 7.92. The smallest absolute Gasteiger partial charge is 0.236 e. The van der Waals surface area contributed by atoms with Gasteiger partial charge in [0.25, 0.3) is 0 Å². The zero-order chi connectivity index (χ0) is 20.3. The highest BCUT2D eigenvalue weighted by Crippen LogP contribution is 2.17.